The second-order valence-electron chi connectivity index (χ2n) is 8.04. The molecule has 3 amide bonds. The summed E-state index contributed by atoms with van der Waals surface area (Å²) >= 11 is 0. The maximum atomic E-state index is 12.5. The van der Waals surface area contributed by atoms with Gasteiger partial charge < -0.3 is 20.3 Å². The van der Waals surface area contributed by atoms with Crippen molar-refractivity contribution in [2.24, 2.45) is 0 Å². The van der Waals surface area contributed by atoms with Crippen LogP contribution in [0.3, 0.4) is 0 Å². The molecule has 1 heterocycles. The third-order valence-corrected chi connectivity index (χ3v) is 5.79. The number of ether oxygens (including phenoxy) is 1. The first-order valence-corrected chi connectivity index (χ1v) is 10.9. The topological polar surface area (TPSA) is 70.7 Å². The van der Waals surface area contributed by atoms with Crippen molar-refractivity contribution in [2.45, 2.75) is 51.0 Å². The Kier molecular flexibility index (Phi) is 6.52. The molecule has 0 bridgehead atoms. The predicted molar refractivity (Wildman–Crippen MR) is 118 cm³/mol. The molecule has 1 saturated carbocycles. The SMILES string of the molecule is O=C(Nc1ccc2c(c1)N(CCCc1ccccc1)C(=O)CO2)NC1CCCCC1. The first kappa shape index (κ1) is 20.3. The minimum atomic E-state index is -0.194. The van der Waals surface area contributed by atoms with Crippen molar-refractivity contribution in [3.05, 3.63) is 54.1 Å². The van der Waals surface area contributed by atoms with Gasteiger partial charge in [0, 0.05) is 18.3 Å². The Morgan fingerprint density at radius 3 is 2.67 bits per heavy atom. The molecule has 2 aliphatic rings. The fourth-order valence-electron chi connectivity index (χ4n) is 4.21. The Balaban J connectivity index is 1.39. The zero-order valence-corrected chi connectivity index (χ0v) is 17.2. The first-order chi connectivity index (χ1) is 14.7. The summed E-state index contributed by atoms with van der Waals surface area (Å²) in [6, 6.07) is 15.8. The molecule has 6 nitrogen and oxygen atoms in total. The van der Waals surface area contributed by atoms with Gasteiger partial charge in [0.15, 0.2) is 6.61 Å². The zero-order valence-electron chi connectivity index (χ0n) is 17.2. The van der Waals surface area contributed by atoms with E-state index in [1.165, 1.54) is 24.8 Å². The average molecular weight is 408 g/mol. The minimum Gasteiger partial charge on any atom is -0.482 e. The second-order valence-corrected chi connectivity index (χ2v) is 8.04. The Labute approximate surface area is 177 Å². The van der Waals surface area contributed by atoms with E-state index in [0.717, 1.165) is 31.4 Å². The predicted octanol–water partition coefficient (Wildman–Crippen LogP) is 4.50. The van der Waals surface area contributed by atoms with Crippen molar-refractivity contribution in [2.75, 3.05) is 23.4 Å². The van der Waals surface area contributed by atoms with Crippen molar-refractivity contribution in [3.63, 3.8) is 0 Å². The van der Waals surface area contributed by atoms with E-state index in [2.05, 4.69) is 22.8 Å². The summed E-state index contributed by atoms with van der Waals surface area (Å²) in [5.41, 5.74) is 2.64. The number of carbonyl (C=O) groups is 2. The van der Waals surface area contributed by atoms with Gasteiger partial charge in [-0.25, -0.2) is 4.79 Å². The molecule has 1 aliphatic heterocycles. The molecule has 1 aliphatic carbocycles. The number of hydrogen-bond donors (Lipinski definition) is 2. The number of fused-ring (bicyclic) bond motifs is 1. The van der Waals surface area contributed by atoms with E-state index in [0.29, 0.717) is 18.0 Å². The van der Waals surface area contributed by atoms with Crippen LogP contribution in [-0.2, 0) is 11.2 Å². The molecule has 30 heavy (non-hydrogen) atoms. The van der Waals surface area contributed by atoms with E-state index in [1.807, 2.05) is 36.4 Å². The molecule has 6 heteroatoms. The Morgan fingerprint density at radius 2 is 1.87 bits per heavy atom. The summed E-state index contributed by atoms with van der Waals surface area (Å²) < 4.78 is 5.59. The monoisotopic (exact) mass is 407 g/mol. The van der Waals surface area contributed by atoms with E-state index in [4.69, 9.17) is 4.74 Å². The molecule has 0 saturated heterocycles. The van der Waals surface area contributed by atoms with Crippen molar-refractivity contribution in [1.82, 2.24) is 5.32 Å². The van der Waals surface area contributed by atoms with E-state index in [9.17, 15) is 9.59 Å². The van der Waals surface area contributed by atoms with Crippen molar-refractivity contribution in [1.29, 1.82) is 0 Å². The molecular formula is C24H29N3O3. The molecular weight excluding hydrogens is 378 g/mol. The highest BCUT2D eigenvalue weighted by molar-refractivity contribution is 5.99. The van der Waals surface area contributed by atoms with Crippen LogP contribution in [0.15, 0.2) is 48.5 Å². The molecule has 2 N–H and O–H groups in total. The van der Waals surface area contributed by atoms with Crippen LogP contribution in [-0.4, -0.2) is 31.1 Å². The normalized spacial score (nSPS) is 16.5. The highest BCUT2D eigenvalue weighted by atomic mass is 16.5. The van der Waals surface area contributed by atoms with Gasteiger partial charge in [-0.1, -0.05) is 49.6 Å². The average Bonchev–Trinajstić information content (AvgIpc) is 2.77. The van der Waals surface area contributed by atoms with Crippen molar-refractivity contribution in [3.8, 4) is 5.75 Å². The number of hydrogen-bond acceptors (Lipinski definition) is 3. The van der Waals surface area contributed by atoms with Gasteiger partial charge in [-0.2, -0.15) is 0 Å². The number of nitrogens with zero attached hydrogens (tertiary/aromatic N) is 1. The number of amides is 3. The summed E-state index contributed by atoms with van der Waals surface area (Å²) in [6.07, 6.45) is 7.42. The molecule has 1 fully saturated rings. The van der Waals surface area contributed by atoms with Gasteiger partial charge in [0.25, 0.3) is 5.91 Å². The number of anilines is 2. The van der Waals surface area contributed by atoms with Crippen molar-refractivity contribution < 1.29 is 14.3 Å². The number of nitrogens with one attached hydrogen (secondary N) is 2. The summed E-state index contributed by atoms with van der Waals surface area (Å²) in [5.74, 6) is 0.618. The van der Waals surface area contributed by atoms with Crippen LogP contribution in [0, 0.1) is 0 Å². The van der Waals surface area contributed by atoms with E-state index < -0.39 is 0 Å². The van der Waals surface area contributed by atoms with Crippen LogP contribution < -0.4 is 20.3 Å². The quantitative estimate of drug-likeness (QED) is 0.741. The lowest BCUT2D eigenvalue weighted by molar-refractivity contribution is -0.121. The van der Waals surface area contributed by atoms with Crippen LogP contribution in [0.2, 0.25) is 0 Å². The van der Waals surface area contributed by atoms with E-state index >= 15 is 0 Å². The lowest BCUT2D eigenvalue weighted by Crippen LogP contribution is -2.40. The fourth-order valence-corrected chi connectivity index (χ4v) is 4.21. The van der Waals surface area contributed by atoms with Crippen LogP contribution >= 0.6 is 0 Å². The van der Waals surface area contributed by atoms with Crippen LogP contribution in [0.1, 0.15) is 44.1 Å². The smallest absolute Gasteiger partial charge is 0.319 e. The maximum absolute atomic E-state index is 12.5. The molecule has 0 unspecified atom stereocenters. The van der Waals surface area contributed by atoms with Crippen LogP contribution in [0.5, 0.6) is 5.75 Å². The lowest BCUT2D eigenvalue weighted by Gasteiger charge is -2.30. The number of benzene rings is 2. The van der Waals surface area contributed by atoms with Crippen molar-refractivity contribution >= 4 is 23.3 Å². The van der Waals surface area contributed by atoms with E-state index in [1.54, 1.807) is 4.90 Å². The highest BCUT2D eigenvalue weighted by Gasteiger charge is 2.26. The van der Waals surface area contributed by atoms with Gasteiger partial charge >= 0.3 is 6.03 Å². The summed E-state index contributed by atoms with van der Waals surface area (Å²) in [7, 11) is 0. The third-order valence-electron chi connectivity index (χ3n) is 5.79. The highest BCUT2D eigenvalue weighted by Crippen LogP contribution is 2.34. The molecule has 0 atom stereocenters. The Morgan fingerprint density at radius 1 is 1.07 bits per heavy atom. The minimum absolute atomic E-state index is 0.0489. The second kappa shape index (κ2) is 9.65. The largest absolute Gasteiger partial charge is 0.482 e. The zero-order chi connectivity index (χ0) is 20.8. The standard InChI is InChI=1S/C24H29N3O3/c28-23-17-30-22-14-13-20(26-24(29)25-19-11-5-2-6-12-19)16-21(22)27(23)15-7-10-18-8-3-1-4-9-18/h1,3-4,8-9,13-14,16,19H,2,5-7,10-12,15,17H2,(H2,25,26,29). The van der Waals surface area contributed by atoms with Gasteiger partial charge in [0.05, 0.1) is 5.69 Å². The third kappa shape index (κ3) is 5.12. The number of rotatable bonds is 6. The van der Waals surface area contributed by atoms with Gasteiger partial charge in [0.1, 0.15) is 5.75 Å². The first-order valence-electron chi connectivity index (χ1n) is 10.9. The maximum Gasteiger partial charge on any atom is 0.319 e. The van der Waals surface area contributed by atoms with Gasteiger partial charge in [-0.05, 0) is 49.4 Å². The Hall–Kier alpha value is -3.02. The lowest BCUT2D eigenvalue weighted by atomic mass is 9.96. The number of aryl methyl sites for hydroxylation is 1. The summed E-state index contributed by atoms with van der Waals surface area (Å²) in [5, 5.41) is 5.97. The van der Waals surface area contributed by atoms with Gasteiger partial charge in [-0.3, -0.25) is 4.79 Å². The Bertz CT molecular complexity index is 879. The molecule has 2 aromatic rings. The summed E-state index contributed by atoms with van der Waals surface area (Å²) in [6.45, 7) is 0.662. The molecule has 0 radical (unpaired) electrons. The van der Waals surface area contributed by atoms with Gasteiger partial charge in [0.2, 0.25) is 0 Å². The molecule has 0 aromatic heterocycles. The summed E-state index contributed by atoms with van der Waals surface area (Å²) in [4.78, 5) is 26.7. The number of carbonyl (C=O) groups excluding carboxylic acids is 2. The fraction of sp³-hybridized carbons (Fsp3) is 0.417. The van der Waals surface area contributed by atoms with E-state index in [-0.39, 0.29) is 24.6 Å². The van der Waals surface area contributed by atoms with Crippen LogP contribution in [0.25, 0.3) is 0 Å². The van der Waals surface area contributed by atoms with Gasteiger partial charge in [-0.15, -0.1) is 0 Å². The molecule has 2 aromatic carbocycles. The number of urea groups is 1. The van der Waals surface area contributed by atoms with Crippen LogP contribution in [0.4, 0.5) is 16.2 Å². The molecule has 0 spiro atoms. The molecule has 4 rings (SSSR count). The molecule has 158 valence electrons.